The maximum Gasteiger partial charge on any atom is 0.298 e. The van der Waals surface area contributed by atoms with Crippen molar-refractivity contribution in [1.29, 1.82) is 0 Å². The number of allylic oxidation sites excluding steroid dienone is 4. The largest absolute Gasteiger partial charge is 0.506 e. The van der Waals surface area contributed by atoms with Crippen LogP contribution in [-0.2, 0) is 23.8 Å². The first-order valence-corrected chi connectivity index (χ1v) is 16.7. The molecule has 3 aliphatic carbocycles. The summed E-state index contributed by atoms with van der Waals surface area (Å²) in [5.74, 6) is -1.67. The van der Waals surface area contributed by atoms with E-state index in [-0.39, 0.29) is 57.5 Å². The molecule has 2 saturated heterocycles. The lowest BCUT2D eigenvalue weighted by Gasteiger charge is -2.56. The molecule has 1 aromatic carbocycles. The van der Waals surface area contributed by atoms with Gasteiger partial charge in [0.05, 0.1) is 22.3 Å². The molecule has 10 heteroatoms. The Kier molecular flexibility index (Phi) is 7.10. The molecule has 1 aromatic rings. The Hall–Kier alpha value is -3.73. The zero-order chi connectivity index (χ0) is 34.8. The van der Waals surface area contributed by atoms with Crippen LogP contribution in [0.5, 0.6) is 17.2 Å². The number of ether oxygens (including phenoxy) is 5. The number of rotatable bonds is 9. The topological polar surface area (TPSA) is 141 Å². The van der Waals surface area contributed by atoms with E-state index < -0.39 is 57.8 Å². The van der Waals surface area contributed by atoms with Gasteiger partial charge in [-0.2, -0.15) is 0 Å². The second-order valence-electron chi connectivity index (χ2n) is 15.6. The highest BCUT2D eigenvalue weighted by Crippen LogP contribution is 2.69. The van der Waals surface area contributed by atoms with Gasteiger partial charge in [-0.25, -0.2) is 0 Å². The van der Waals surface area contributed by atoms with Crippen molar-refractivity contribution in [1.82, 2.24) is 0 Å². The normalized spacial score (nSPS) is 35.0. The predicted molar refractivity (Wildman–Crippen MR) is 175 cm³/mol. The molecule has 4 bridgehead atoms. The Bertz CT molecular complexity index is 1770. The van der Waals surface area contributed by atoms with E-state index in [1.54, 1.807) is 25.2 Å². The minimum Gasteiger partial charge on any atom is -0.506 e. The zero-order valence-corrected chi connectivity index (χ0v) is 28.8. The lowest BCUT2D eigenvalue weighted by atomic mass is 9.51. The SMILES string of the molecule is CC(C)=CCC[C@]1(C)C=Cc2c(O)c3c(c(C(O)C4OC4(C)C)c2O1)O[C@]12C(=CC4CC1C(C)(C)OC2(C/C=C(/C)OC=O)C4=O)C3=O. The van der Waals surface area contributed by atoms with Crippen molar-refractivity contribution in [3.05, 3.63) is 57.9 Å². The third-order valence-electron chi connectivity index (χ3n) is 11.2. The predicted octanol–water partition coefficient (Wildman–Crippen LogP) is 5.99. The third-order valence-corrected chi connectivity index (χ3v) is 11.2. The van der Waals surface area contributed by atoms with Gasteiger partial charge in [-0.15, -0.1) is 0 Å². The van der Waals surface area contributed by atoms with E-state index >= 15 is 0 Å². The molecule has 256 valence electrons. The van der Waals surface area contributed by atoms with Crippen LogP contribution in [0.25, 0.3) is 6.08 Å². The summed E-state index contributed by atoms with van der Waals surface area (Å²) >= 11 is 0. The Morgan fingerprint density at radius 3 is 2.42 bits per heavy atom. The number of phenols is 1. The minimum absolute atomic E-state index is 0.0306. The lowest BCUT2D eigenvalue weighted by Crippen LogP contribution is -2.72. The van der Waals surface area contributed by atoms with Crippen LogP contribution in [0.3, 0.4) is 0 Å². The number of phenolic OH excluding ortho intramolecular Hbond substituents is 1. The molecule has 0 amide bonds. The first-order valence-electron chi connectivity index (χ1n) is 16.7. The Balaban J connectivity index is 1.46. The van der Waals surface area contributed by atoms with Crippen molar-refractivity contribution >= 4 is 24.1 Å². The van der Waals surface area contributed by atoms with E-state index in [4.69, 9.17) is 23.7 Å². The van der Waals surface area contributed by atoms with E-state index in [1.807, 2.05) is 54.5 Å². The highest BCUT2D eigenvalue weighted by molar-refractivity contribution is 6.19. The van der Waals surface area contributed by atoms with Crippen LogP contribution in [0, 0.1) is 11.8 Å². The monoisotopic (exact) mass is 660 g/mol. The molecule has 0 radical (unpaired) electrons. The first kappa shape index (κ1) is 32.8. The Morgan fingerprint density at radius 2 is 1.77 bits per heavy atom. The molecule has 4 heterocycles. The van der Waals surface area contributed by atoms with E-state index in [1.165, 1.54) is 5.57 Å². The fourth-order valence-corrected chi connectivity index (χ4v) is 8.82. The van der Waals surface area contributed by atoms with E-state index in [0.29, 0.717) is 19.3 Å². The molecule has 48 heavy (non-hydrogen) atoms. The number of carbonyl (C=O) groups excluding carboxylic acids is 3. The summed E-state index contributed by atoms with van der Waals surface area (Å²) in [5, 5.41) is 23.9. The van der Waals surface area contributed by atoms with Crippen LogP contribution in [0.2, 0.25) is 0 Å². The second-order valence-corrected chi connectivity index (χ2v) is 15.6. The number of hydrogen-bond donors (Lipinski definition) is 2. The molecule has 8 rings (SSSR count). The van der Waals surface area contributed by atoms with Gasteiger partial charge in [-0.05, 0) is 92.9 Å². The molecular weight excluding hydrogens is 616 g/mol. The van der Waals surface area contributed by atoms with Crippen molar-refractivity contribution in [3.63, 3.8) is 0 Å². The summed E-state index contributed by atoms with van der Waals surface area (Å²) < 4.78 is 31.5. The molecule has 0 aromatic heterocycles. The number of aliphatic hydroxyl groups is 1. The van der Waals surface area contributed by atoms with Gasteiger partial charge in [0.2, 0.25) is 0 Å². The highest BCUT2D eigenvalue weighted by Gasteiger charge is 2.81. The number of carbonyl (C=O) groups is 3. The average Bonchev–Trinajstić information content (AvgIpc) is 3.60. The fraction of sp³-hybridized carbons (Fsp3) is 0.553. The molecule has 5 unspecified atom stereocenters. The number of benzene rings is 1. The standard InChI is InChI=1S/C38H44O10/c1-19(2)10-9-13-36(8)14-12-22-27(40)25-28(41)23-16-21-17-24-34(4,5)48-37(32(21)43,15-11-20(3)44-18-39)38(23,24)46-31(25)26(30(22)45-36)29(42)33-35(6,7)47-33/h10-12,14,16,18,21,24,29,33,40,42H,9,13,15,17H2,1-8H3/b20-11-/t21?,24?,29?,33?,36-,37?,38-/m1/s1. The molecule has 1 spiro atoms. The number of Topliss-reactive ketones (excluding diaryl/α,β-unsaturated/α-hetero) is 2. The van der Waals surface area contributed by atoms with Gasteiger partial charge >= 0.3 is 0 Å². The molecular formula is C38H44O10. The van der Waals surface area contributed by atoms with Gasteiger partial charge in [0.1, 0.15) is 46.4 Å². The molecule has 7 atom stereocenters. The third kappa shape index (κ3) is 4.38. The number of aliphatic hydroxyl groups excluding tert-OH is 1. The molecule has 7 aliphatic rings. The first-order chi connectivity index (χ1) is 22.4. The molecule has 4 aliphatic heterocycles. The number of epoxide rings is 1. The van der Waals surface area contributed by atoms with Crippen LogP contribution < -0.4 is 9.47 Å². The molecule has 3 fully saturated rings. The van der Waals surface area contributed by atoms with Gasteiger partial charge < -0.3 is 33.9 Å². The van der Waals surface area contributed by atoms with Gasteiger partial charge in [-0.1, -0.05) is 17.7 Å². The summed E-state index contributed by atoms with van der Waals surface area (Å²) in [4.78, 5) is 40.3. The van der Waals surface area contributed by atoms with Crippen molar-refractivity contribution < 1.29 is 48.3 Å². The summed E-state index contributed by atoms with van der Waals surface area (Å²) in [5.41, 5.74) is -3.84. The Morgan fingerprint density at radius 1 is 1.06 bits per heavy atom. The summed E-state index contributed by atoms with van der Waals surface area (Å²) in [7, 11) is 0. The van der Waals surface area contributed by atoms with Crippen molar-refractivity contribution in [2.75, 3.05) is 0 Å². The van der Waals surface area contributed by atoms with E-state index in [2.05, 4.69) is 6.08 Å². The fourth-order valence-electron chi connectivity index (χ4n) is 8.82. The summed E-state index contributed by atoms with van der Waals surface area (Å²) in [6, 6.07) is 0. The maximum atomic E-state index is 14.8. The minimum atomic E-state index is -1.66. The van der Waals surface area contributed by atoms with Gasteiger partial charge in [0, 0.05) is 23.8 Å². The summed E-state index contributed by atoms with van der Waals surface area (Å²) in [6.07, 6.45) is 8.76. The Labute approximate surface area is 280 Å². The number of ketones is 2. The van der Waals surface area contributed by atoms with Gasteiger partial charge in [-0.3, -0.25) is 14.4 Å². The second kappa shape index (κ2) is 10.4. The van der Waals surface area contributed by atoms with Crippen LogP contribution >= 0.6 is 0 Å². The van der Waals surface area contributed by atoms with Crippen LogP contribution in [0.15, 0.2) is 41.2 Å². The molecule has 10 nitrogen and oxygen atoms in total. The lowest BCUT2D eigenvalue weighted by molar-refractivity contribution is -0.171. The zero-order valence-electron chi connectivity index (χ0n) is 28.8. The van der Waals surface area contributed by atoms with Gasteiger partial charge in [0.25, 0.3) is 6.47 Å². The van der Waals surface area contributed by atoms with Crippen LogP contribution in [-0.4, -0.2) is 62.4 Å². The van der Waals surface area contributed by atoms with Crippen molar-refractivity contribution in [2.45, 2.75) is 121 Å². The number of fused-ring (bicyclic) bond motifs is 2. The van der Waals surface area contributed by atoms with Gasteiger partial charge in [0.15, 0.2) is 22.8 Å². The average molecular weight is 661 g/mol. The van der Waals surface area contributed by atoms with Crippen molar-refractivity contribution in [2.24, 2.45) is 11.8 Å². The number of aromatic hydroxyl groups is 1. The van der Waals surface area contributed by atoms with Crippen LogP contribution in [0.1, 0.15) is 109 Å². The molecule has 2 N–H and O–H groups in total. The molecule has 1 saturated carbocycles. The maximum absolute atomic E-state index is 14.8. The van der Waals surface area contributed by atoms with E-state index in [0.717, 1.165) is 6.42 Å². The highest BCUT2D eigenvalue weighted by atomic mass is 16.6. The number of hydrogen-bond acceptors (Lipinski definition) is 10. The van der Waals surface area contributed by atoms with Crippen molar-refractivity contribution in [3.8, 4) is 17.2 Å². The van der Waals surface area contributed by atoms with Crippen LogP contribution in [0.4, 0.5) is 0 Å². The van der Waals surface area contributed by atoms with E-state index in [9.17, 15) is 24.6 Å². The quantitative estimate of drug-likeness (QED) is 0.141. The summed E-state index contributed by atoms with van der Waals surface area (Å²) in [6.45, 7) is 15.4. The smallest absolute Gasteiger partial charge is 0.298 e.